The Hall–Kier alpha value is -4.28. The summed E-state index contributed by atoms with van der Waals surface area (Å²) in [6, 6.07) is 21.0. The van der Waals surface area contributed by atoms with Crippen molar-refractivity contribution in [2.24, 2.45) is 5.41 Å². The number of fused-ring (bicyclic) bond motifs is 1. The molecule has 3 aromatic rings. The molecule has 0 aliphatic carbocycles. The quantitative estimate of drug-likeness (QED) is 0.112. The number of esters is 1. The topological polar surface area (TPSA) is 104 Å². The van der Waals surface area contributed by atoms with Crippen LogP contribution in [0, 0.1) is 5.41 Å². The molecule has 11 heteroatoms. The first-order chi connectivity index (χ1) is 25.1. The average molecular weight is 751 g/mol. The van der Waals surface area contributed by atoms with Crippen LogP contribution in [0.15, 0.2) is 66.7 Å². The number of anilines is 1. The minimum Gasteiger partial charge on any atom is -0.492 e. The maximum atomic E-state index is 14.2. The summed E-state index contributed by atoms with van der Waals surface area (Å²) in [5.41, 5.74) is 2.21. The van der Waals surface area contributed by atoms with Gasteiger partial charge in [0.2, 0.25) is 0 Å². The van der Waals surface area contributed by atoms with E-state index in [1.807, 2.05) is 77.9 Å². The summed E-state index contributed by atoms with van der Waals surface area (Å²) in [4.78, 5) is 43.5. The molecule has 288 valence electrons. The molecule has 1 heterocycles. The summed E-state index contributed by atoms with van der Waals surface area (Å²) in [6.45, 7) is 15.2. The molecule has 10 nitrogen and oxygen atoms in total. The highest BCUT2D eigenvalue weighted by atomic mass is 35.5. The van der Waals surface area contributed by atoms with E-state index in [-0.39, 0.29) is 37.0 Å². The van der Waals surface area contributed by atoms with E-state index < -0.39 is 23.8 Å². The van der Waals surface area contributed by atoms with Crippen molar-refractivity contribution in [2.75, 3.05) is 44.9 Å². The van der Waals surface area contributed by atoms with Crippen molar-refractivity contribution in [1.82, 2.24) is 4.90 Å². The number of hydrogen-bond donors (Lipinski definition) is 0. The average Bonchev–Trinajstić information content (AvgIpc) is 3.18. The fourth-order valence-electron chi connectivity index (χ4n) is 6.20. The zero-order valence-electron chi connectivity index (χ0n) is 32.4. The highest BCUT2D eigenvalue weighted by Gasteiger charge is 2.40. The van der Waals surface area contributed by atoms with E-state index in [2.05, 4.69) is 12.1 Å². The third kappa shape index (κ3) is 12.1. The van der Waals surface area contributed by atoms with E-state index in [4.69, 9.17) is 35.3 Å². The number of amides is 2. The fourth-order valence-corrected chi connectivity index (χ4v) is 6.38. The maximum absolute atomic E-state index is 14.2. The smallest absolute Gasteiger partial charge is 0.410 e. The number of para-hydroxylation sites is 1. The third-order valence-corrected chi connectivity index (χ3v) is 8.64. The molecule has 3 aromatic carbocycles. The molecule has 0 aromatic heterocycles. The number of carbonyl (C=O) groups is 3. The van der Waals surface area contributed by atoms with E-state index in [0.717, 1.165) is 12.8 Å². The number of ether oxygens (including phenoxy) is 5. The van der Waals surface area contributed by atoms with Crippen molar-refractivity contribution in [3.05, 3.63) is 88.4 Å². The Kier molecular flexibility index (Phi) is 14.6. The van der Waals surface area contributed by atoms with Gasteiger partial charge in [-0.2, -0.15) is 0 Å². The van der Waals surface area contributed by atoms with Crippen LogP contribution < -0.4 is 14.4 Å². The monoisotopic (exact) mass is 750 g/mol. The van der Waals surface area contributed by atoms with Gasteiger partial charge in [0, 0.05) is 41.5 Å². The molecule has 1 aliphatic rings. The van der Waals surface area contributed by atoms with Crippen molar-refractivity contribution in [1.29, 1.82) is 0 Å². The molecule has 2 unspecified atom stereocenters. The number of carbonyl (C=O) groups excluding carboxylic acids is 3. The van der Waals surface area contributed by atoms with Gasteiger partial charge in [0.1, 0.15) is 17.8 Å². The number of halogens is 1. The van der Waals surface area contributed by atoms with Gasteiger partial charge in [-0.25, -0.2) is 4.79 Å². The lowest BCUT2D eigenvalue weighted by Crippen LogP contribution is -2.44. The first-order valence-electron chi connectivity index (χ1n) is 18.3. The second-order valence-corrected chi connectivity index (χ2v) is 15.8. The lowest BCUT2D eigenvalue weighted by Gasteiger charge is -2.31. The van der Waals surface area contributed by atoms with Gasteiger partial charge >= 0.3 is 12.1 Å². The predicted octanol–water partition coefficient (Wildman–Crippen LogP) is 8.81. The third-order valence-electron chi connectivity index (χ3n) is 8.41. The molecule has 0 N–H and O–H groups in total. The number of nitrogens with zero attached hydrogens (tertiary/aromatic N) is 2. The van der Waals surface area contributed by atoms with Gasteiger partial charge < -0.3 is 33.5 Å². The van der Waals surface area contributed by atoms with E-state index in [1.54, 1.807) is 42.0 Å². The van der Waals surface area contributed by atoms with Crippen molar-refractivity contribution in [3.63, 3.8) is 0 Å². The molecule has 0 bridgehead atoms. The van der Waals surface area contributed by atoms with Crippen molar-refractivity contribution in [3.8, 4) is 11.5 Å². The molecular weight excluding hydrogens is 696 g/mol. The van der Waals surface area contributed by atoms with Crippen LogP contribution in [0.3, 0.4) is 0 Å². The van der Waals surface area contributed by atoms with Crippen molar-refractivity contribution < 1.29 is 38.1 Å². The van der Waals surface area contributed by atoms with Crippen LogP contribution in [-0.2, 0) is 30.2 Å². The lowest BCUT2D eigenvalue weighted by atomic mass is 9.94. The minimum absolute atomic E-state index is 0.182. The van der Waals surface area contributed by atoms with Crippen LogP contribution in [0.25, 0.3) is 0 Å². The molecule has 0 spiro atoms. The van der Waals surface area contributed by atoms with Crippen LogP contribution in [0.4, 0.5) is 10.5 Å². The van der Waals surface area contributed by atoms with Gasteiger partial charge in [-0.1, -0.05) is 74.8 Å². The van der Waals surface area contributed by atoms with E-state index in [0.29, 0.717) is 59.4 Å². The standard InChI is InChI=1S/C42H55ClN2O8/c1-9-50-36(46)27-35-39(47)45(28-41(2,3)4)33-22-21-30(43)26-32(33)37(52-35)31-19-13-20-34(38(31)49-8)51-25-15-24-44(40(48)53-42(5,6)7)23-14-18-29-16-11-10-12-17-29/h10-13,16-17,19-22,26,35,37H,9,14-15,18,23-25,27-28H2,1-8H3. The number of methoxy groups -OCH3 is 1. The fraction of sp³-hybridized carbons (Fsp3) is 0.500. The van der Waals surface area contributed by atoms with Gasteiger partial charge in [0.25, 0.3) is 5.91 Å². The summed E-state index contributed by atoms with van der Waals surface area (Å²) in [6.07, 6.45) is -0.429. The predicted molar refractivity (Wildman–Crippen MR) is 207 cm³/mol. The second kappa shape index (κ2) is 18.7. The van der Waals surface area contributed by atoms with Crippen LogP contribution in [0.1, 0.15) is 90.5 Å². The van der Waals surface area contributed by atoms with Crippen molar-refractivity contribution in [2.45, 2.75) is 92.0 Å². The molecule has 53 heavy (non-hydrogen) atoms. The van der Waals surface area contributed by atoms with Gasteiger partial charge in [-0.15, -0.1) is 0 Å². The summed E-state index contributed by atoms with van der Waals surface area (Å²) < 4.78 is 29.8. The number of rotatable bonds is 15. The van der Waals surface area contributed by atoms with E-state index in [1.165, 1.54) is 5.56 Å². The molecule has 1 aliphatic heterocycles. The second-order valence-electron chi connectivity index (χ2n) is 15.3. The Morgan fingerprint density at radius 3 is 2.30 bits per heavy atom. The van der Waals surface area contributed by atoms with Gasteiger partial charge in [-0.05, 0) is 82.2 Å². The highest BCUT2D eigenvalue weighted by molar-refractivity contribution is 6.30. The minimum atomic E-state index is -1.14. The molecule has 0 radical (unpaired) electrons. The van der Waals surface area contributed by atoms with Gasteiger partial charge in [-0.3, -0.25) is 9.59 Å². The SMILES string of the molecule is CCOC(=O)CC1OC(c2cccc(OCCCN(CCCc3ccccc3)C(=O)OC(C)(C)C)c2OC)c2cc(Cl)ccc2N(CC(C)(C)C)C1=O. The number of benzene rings is 3. The first kappa shape index (κ1) is 41.5. The summed E-state index contributed by atoms with van der Waals surface area (Å²) in [5, 5.41) is 0.467. The van der Waals surface area contributed by atoms with Crippen LogP contribution in [0.2, 0.25) is 5.02 Å². The maximum Gasteiger partial charge on any atom is 0.410 e. The Bertz CT molecular complexity index is 1680. The van der Waals surface area contributed by atoms with Gasteiger partial charge in [0.05, 0.1) is 26.7 Å². The van der Waals surface area contributed by atoms with Crippen LogP contribution in [0.5, 0.6) is 11.5 Å². The summed E-state index contributed by atoms with van der Waals surface area (Å²) in [7, 11) is 1.55. The van der Waals surface area contributed by atoms with Crippen LogP contribution in [-0.4, -0.2) is 74.5 Å². The molecule has 0 saturated carbocycles. The Morgan fingerprint density at radius 1 is 0.925 bits per heavy atom. The Labute approximate surface area is 319 Å². The molecule has 2 amide bonds. The highest BCUT2D eigenvalue weighted by Crippen LogP contribution is 2.45. The van der Waals surface area contributed by atoms with Crippen molar-refractivity contribution >= 4 is 35.3 Å². The van der Waals surface area contributed by atoms with E-state index in [9.17, 15) is 14.4 Å². The molecule has 0 fully saturated rings. The summed E-state index contributed by atoms with van der Waals surface area (Å²) in [5.74, 6) is 0.00796. The Morgan fingerprint density at radius 2 is 1.64 bits per heavy atom. The zero-order chi connectivity index (χ0) is 38.8. The van der Waals surface area contributed by atoms with E-state index >= 15 is 0 Å². The van der Waals surface area contributed by atoms with Crippen LogP contribution >= 0.6 is 11.6 Å². The lowest BCUT2D eigenvalue weighted by molar-refractivity contribution is -0.151. The van der Waals surface area contributed by atoms with Gasteiger partial charge in [0.15, 0.2) is 11.5 Å². The number of hydrogen-bond acceptors (Lipinski definition) is 8. The Balaban J connectivity index is 1.59. The first-order valence-corrected chi connectivity index (χ1v) is 18.7. The molecular formula is C42H55ClN2O8. The number of aryl methyl sites for hydroxylation is 1. The summed E-state index contributed by atoms with van der Waals surface area (Å²) >= 11 is 6.57. The molecule has 4 rings (SSSR count). The zero-order valence-corrected chi connectivity index (χ0v) is 33.2. The largest absolute Gasteiger partial charge is 0.492 e. The molecule has 2 atom stereocenters. The normalized spacial score (nSPS) is 16.0. The molecule has 0 saturated heterocycles.